The van der Waals surface area contributed by atoms with Crippen molar-refractivity contribution in [1.82, 2.24) is 4.90 Å². The van der Waals surface area contributed by atoms with Crippen LogP contribution in [0.25, 0.3) is 0 Å². The Bertz CT molecular complexity index is 555. The van der Waals surface area contributed by atoms with Gasteiger partial charge in [0, 0.05) is 29.3 Å². The molecule has 0 saturated carbocycles. The molecule has 1 N–H and O–H groups in total. The maximum Gasteiger partial charge on any atom is 0.0429 e. The fourth-order valence-electron chi connectivity index (χ4n) is 2.83. The highest BCUT2D eigenvalue weighted by molar-refractivity contribution is 9.10. The number of nitrogens with one attached hydrogen (secondary N) is 1. The molecule has 104 valence electrons. The molecule has 0 saturated heterocycles. The quantitative estimate of drug-likeness (QED) is 0.914. The van der Waals surface area contributed by atoms with Crippen LogP contribution in [0.1, 0.15) is 11.1 Å². The molecule has 3 heteroatoms. The lowest BCUT2D eigenvalue weighted by Gasteiger charge is -2.21. The fraction of sp³-hybridized carbons (Fsp3) is 0.294. The van der Waals surface area contributed by atoms with Gasteiger partial charge in [0.2, 0.25) is 0 Å². The molecule has 2 aromatic carbocycles. The maximum atomic E-state index is 3.61. The van der Waals surface area contributed by atoms with Gasteiger partial charge in [-0.05, 0) is 42.8 Å². The molecule has 3 rings (SSSR count). The Balaban J connectivity index is 1.55. The van der Waals surface area contributed by atoms with E-state index in [1.807, 2.05) is 0 Å². The average molecular weight is 331 g/mol. The van der Waals surface area contributed by atoms with E-state index in [1.54, 1.807) is 0 Å². The Morgan fingerprint density at radius 3 is 2.65 bits per heavy atom. The molecule has 0 aliphatic carbocycles. The Labute approximate surface area is 128 Å². The molecule has 0 amide bonds. The van der Waals surface area contributed by atoms with Crippen LogP contribution in [0.5, 0.6) is 0 Å². The first kappa shape index (κ1) is 13.7. The summed E-state index contributed by atoms with van der Waals surface area (Å²) in [6, 6.07) is 17.7. The topological polar surface area (TPSA) is 15.3 Å². The maximum absolute atomic E-state index is 3.61. The standard InChI is InChI=1S/C17H19BrN2/c1-20(11-13-6-8-15(18)9-7-13)12-16-10-14-4-2-3-5-17(14)19-16/h2-9,16,19H,10-12H2,1H3. The van der Waals surface area contributed by atoms with Gasteiger partial charge in [-0.1, -0.05) is 46.3 Å². The van der Waals surface area contributed by atoms with Crippen LogP contribution in [-0.2, 0) is 13.0 Å². The van der Waals surface area contributed by atoms with Crippen molar-refractivity contribution in [3.05, 3.63) is 64.1 Å². The van der Waals surface area contributed by atoms with Gasteiger partial charge in [0.25, 0.3) is 0 Å². The summed E-state index contributed by atoms with van der Waals surface area (Å²) in [5.74, 6) is 0. The van der Waals surface area contributed by atoms with Gasteiger partial charge in [-0.2, -0.15) is 0 Å². The summed E-state index contributed by atoms with van der Waals surface area (Å²) in [7, 11) is 2.19. The van der Waals surface area contributed by atoms with Gasteiger partial charge in [-0.3, -0.25) is 0 Å². The van der Waals surface area contributed by atoms with E-state index >= 15 is 0 Å². The SMILES string of the molecule is CN(Cc1ccc(Br)cc1)CC1Cc2ccccc2N1. The second-order valence-corrected chi connectivity index (χ2v) is 6.44. The first-order valence-corrected chi connectivity index (χ1v) is 7.77. The molecule has 1 aliphatic rings. The monoisotopic (exact) mass is 330 g/mol. The summed E-state index contributed by atoms with van der Waals surface area (Å²) < 4.78 is 1.14. The summed E-state index contributed by atoms with van der Waals surface area (Å²) in [6.07, 6.45) is 1.13. The summed E-state index contributed by atoms with van der Waals surface area (Å²) in [5.41, 5.74) is 4.09. The third-order valence-electron chi connectivity index (χ3n) is 3.74. The normalized spacial score (nSPS) is 17.1. The molecule has 2 aromatic rings. The average Bonchev–Trinajstić information content (AvgIpc) is 2.83. The van der Waals surface area contributed by atoms with Crippen LogP contribution in [0.15, 0.2) is 53.0 Å². The van der Waals surface area contributed by atoms with Crippen LogP contribution in [0, 0.1) is 0 Å². The first-order valence-electron chi connectivity index (χ1n) is 6.98. The number of rotatable bonds is 4. The van der Waals surface area contributed by atoms with Crippen LogP contribution in [0.3, 0.4) is 0 Å². The van der Waals surface area contributed by atoms with E-state index in [0.29, 0.717) is 6.04 Å². The van der Waals surface area contributed by atoms with Crippen molar-refractivity contribution in [2.24, 2.45) is 0 Å². The number of anilines is 1. The molecule has 0 fully saturated rings. The fourth-order valence-corrected chi connectivity index (χ4v) is 3.09. The van der Waals surface area contributed by atoms with Crippen LogP contribution >= 0.6 is 15.9 Å². The third-order valence-corrected chi connectivity index (χ3v) is 4.27. The van der Waals surface area contributed by atoms with E-state index < -0.39 is 0 Å². The molecule has 1 aliphatic heterocycles. The molecule has 0 spiro atoms. The highest BCUT2D eigenvalue weighted by Crippen LogP contribution is 2.25. The van der Waals surface area contributed by atoms with Gasteiger partial charge in [-0.25, -0.2) is 0 Å². The highest BCUT2D eigenvalue weighted by Gasteiger charge is 2.20. The number of para-hydroxylation sites is 1. The van der Waals surface area contributed by atoms with E-state index in [1.165, 1.54) is 16.8 Å². The van der Waals surface area contributed by atoms with Crippen molar-refractivity contribution in [2.45, 2.75) is 19.0 Å². The van der Waals surface area contributed by atoms with Crippen molar-refractivity contribution in [3.8, 4) is 0 Å². The first-order chi connectivity index (χ1) is 9.70. The molecule has 0 bridgehead atoms. The molecule has 0 aromatic heterocycles. The van der Waals surface area contributed by atoms with Gasteiger partial charge < -0.3 is 10.2 Å². The summed E-state index contributed by atoms with van der Waals surface area (Å²) in [4.78, 5) is 2.38. The van der Waals surface area contributed by atoms with Gasteiger partial charge >= 0.3 is 0 Å². The summed E-state index contributed by atoms with van der Waals surface area (Å²) in [5, 5.41) is 3.61. The molecular weight excluding hydrogens is 312 g/mol. The highest BCUT2D eigenvalue weighted by atomic mass is 79.9. The smallest absolute Gasteiger partial charge is 0.0429 e. The van der Waals surface area contributed by atoms with Crippen molar-refractivity contribution in [1.29, 1.82) is 0 Å². The Kier molecular flexibility index (Phi) is 4.08. The molecular formula is C17H19BrN2. The van der Waals surface area contributed by atoms with E-state index in [0.717, 1.165) is 24.0 Å². The van der Waals surface area contributed by atoms with Crippen LogP contribution in [-0.4, -0.2) is 24.5 Å². The largest absolute Gasteiger partial charge is 0.380 e. The Hall–Kier alpha value is -1.32. The molecule has 1 heterocycles. The van der Waals surface area contributed by atoms with Crippen molar-refractivity contribution >= 4 is 21.6 Å². The predicted octanol–water partition coefficient (Wildman–Crippen LogP) is 3.92. The number of hydrogen-bond donors (Lipinski definition) is 1. The molecule has 20 heavy (non-hydrogen) atoms. The predicted molar refractivity (Wildman–Crippen MR) is 88.0 cm³/mol. The minimum Gasteiger partial charge on any atom is -0.380 e. The molecule has 1 atom stereocenters. The number of hydrogen-bond acceptors (Lipinski definition) is 2. The zero-order valence-corrected chi connectivity index (χ0v) is 13.2. The zero-order chi connectivity index (χ0) is 13.9. The van der Waals surface area contributed by atoms with Crippen LogP contribution in [0.2, 0.25) is 0 Å². The second-order valence-electron chi connectivity index (χ2n) is 5.53. The number of nitrogens with zero attached hydrogens (tertiary/aromatic N) is 1. The Morgan fingerprint density at radius 2 is 1.90 bits per heavy atom. The minimum absolute atomic E-state index is 0.521. The molecule has 2 nitrogen and oxygen atoms in total. The van der Waals surface area contributed by atoms with Gasteiger partial charge in [-0.15, -0.1) is 0 Å². The summed E-state index contributed by atoms with van der Waals surface area (Å²) in [6.45, 7) is 2.05. The van der Waals surface area contributed by atoms with E-state index in [-0.39, 0.29) is 0 Å². The number of benzene rings is 2. The number of fused-ring (bicyclic) bond motifs is 1. The lowest BCUT2D eigenvalue weighted by atomic mass is 10.1. The van der Waals surface area contributed by atoms with Crippen LogP contribution in [0.4, 0.5) is 5.69 Å². The van der Waals surface area contributed by atoms with E-state index in [9.17, 15) is 0 Å². The lowest BCUT2D eigenvalue weighted by molar-refractivity contribution is 0.312. The Morgan fingerprint density at radius 1 is 1.15 bits per heavy atom. The number of halogens is 1. The van der Waals surface area contributed by atoms with Crippen molar-refractivity contribution in [3.63, 3.8) is 0 Å². The molecule has 1 unspecified atom stereocenters. The van der Waals surface area contributed by atoms with Crippen LogP contribution < -0.4 is 5.32 Å². The zero-order valence-electron chi connectivity index (χ0n) is 11.6. The second kappa shape index (κ2) is 5.98. The van der Waals surface area contributed by atoms with E-state index in [4.69, 9.17) is 0 Å². The summed E-state index contributed by atoms with van der Waals surface area (Å²) >= 11 is 3.48. The minimum atomic E-state index is 0.521. The van der Waals surface area contributed by atoms with Crippen molar-refractivity contribution < 1.29 is 0 Å². The molecule has 0 radical (unpaired) electrons. The van der Waals surface area contributed by atoms with Gasteiger partial charge in [0.1, 0.15) is 0 Å². The van der Waals surface area contributed by atoms with Gasteiger partial charge in [0.15, 0.2) is 0 Å². The van der Waals surface area contributed by atoms with E-state index in [2.05, 4.69) is 81.7 Å². The number of likely N-dealkylation sites (N-methyl/N-ethyl adjacent to an activating group) is 1. The third kappa shape index (κ3) is 3.22. The van der Waals surface area contributed by atoms with Gasteiger partial charge in [0.05, 0.1) is 0 Å². The lowest BCUT2D eigenvalue weighted by Crippen LogP contribution is -2.32. The van der Waals surface area contributed by atoms with Crippen molar-refractivity contribution in [2.75, 3.05) is 18.9 Å².